The number of esters is 2. The fraction of sp³-hybridized carbons (Fsp3) is 0.467. The van der Waals surface area contributed by atoms with Gasteiger partial charge in [-0.15, -0.1) is 22.7 Å². The van der Waals surface area contributed by atoms with Crippen LogP contribution in [0.25, 0.3) is 0 Å². The van der Waals surface area contributed by atoms with Crippen LogP contribution >= 0.6 is 22.7 Å². The zero-order chi connectivity index (χ0) is 16.7. The smallest absolute Gasteiger partial charge is 0.311 e. The molecule has 0 aliphatic rings. The van der Waals surface area contributed by atoms with Gasteiger partial charge in [-0.2, -0.15) is 0 Å². The van der Waals surface area contributed by atoms with Crippen molar-refractivity contribution < 1.29 is 19.1 Å². The van der Waals surface area contributed by atoms with Crippen molar-refractivity contribution in [1.29, 1.82) is 0 Å². The van der Waals surface area contributed by atoms with E-state index in [0.29, 0.717) is 6.42 Å². The summed E-state index contributed by atoms with van der Waals surface area (Å²) in [6.07, 6.45) is 0.824. The first-order valence-corrected chi connectivity index (χ1v) is 8.92. The molecule has 0 atom stereocenters. The molecule has 2 aromatic rings. The van der Waals surface area contributed by atoms with Crippen LogP contribution in [0.1, 0.15) is 27.8 Å². The molecule has 2 rings (SSSR count). The molecule has 0 saturated heterocycles. The maximum atomic E-state index is 11.6. The topological polar surface area (TPSA) is 78.4 Å². The Morgan fingerprint density at radius 3 is 1.70 bits per heavy atom. The van der Waals surface area contributed by atoms with Gasteiger partial charge in [-0.1, -0.05) is 0 Å². The summed E-state index contributed by atoms with van der Waals surface area (Å²) in [4.78, 5) is 31.6. The summed E-state index contributed by atoms with van der Waals surface area (Å²) >= 11 is 3.01. The number of hydrogen-bond donors (Lipinski definition) is 0. The van der Waals surface area contributed by atoms with E-state index in [1.165, 1.54) is 22.7 Å². The Morgan fingerprint density at radius 2 is 1.35 bits per heavy atom. The average Bonchev–Trinajstić information content (AvgIpc) is 3.07. The third-order valence-electron chi connectivity index (χ3n) is 2.80. The van der Waals surface area contributed by atoms with Crippen LogP contribution in [0, 0.1) is 13.8 Å². The van der Waals surface area contributed by atoms with Gasteiger partial charge in [0.15, 0.2) is 0 Å². The van der Waals surface area contributed by atoms with E-state index < -0.39 is 0 Å². The largest absolute Gasteiger partial charge is 0.465 e. The maximum Gasteiger partial charge on any atom is 0.311 e. The molecule has 0 amide bonds. The van der Waals surface area contributed by atoms with E-state index in [9.17, 15) is 9.59 Å². The van der Waals surface area contributed by atoms with E-state index in [1.807, 2.05) is 24.6 Å². The molecule has 2 heterocycles. The summed E-state index contributed by atoms with van der Waals surface area (Å²) in [6, 6.07) is 0. The van der Waals surface area contributed by atoms with Crippen molar-refractivity contribution >= 4 is 34.6 Å². The summed E-state index contributed by atoms with van der Waals surface area (Å²) < 4.78 is 10.2. The predicted molar refractivity (Wildman–Crippen MR) is 87.6 cm³/mol. The second-order valence-electron chi connectivity index (χ2n) is 4.86. The Balaban J connectivity index is 1.55. The van der Waals surface area contributed by atoms with Gasteiger partial charge in [0.25, 0.3) is 0 Å². The molecule has 0 unspecified atom stereocenters. The van der Waals surface area contributed by atoms with E-state index in [2.05, 4.69) is 9.97 Å². The first kappa shape index (κ1) is 17.6. The van der Waals surface area contributed by atoms with Crippen molar-refractivity contribution in [3.8, 4) is 0 Å². The minimum absolute atomic E-state index is 0.174. The number of aromatic nitrogens is 2. The van der Waals surface area contributed by atoms with E-state index in [4.69, 9.17) is 9.47 Å². The van der Waals surface area contributed by atoms with E-state index in [1.54, 1.807) is 0 Å². The van der Waals surface area contributed by atoms with Gasteiger partial charge in [0.05, 0.1) is 47.5 Å². The van der Waals surface area contributed by atoms with Gasteiger partial charge in [0.1, 0.15) is 0 Å². The molecule has 124 valence electrons. The predicted octanol–water partition coefficient (Wildman–Crippen LogP) is 2.48. The van der Waals surface area contributed by atoms with Gasteiger partial charge in [-0.05, 0) is 13.8 Å². The Hall–Kier alpha value is -1.80. The molecule has 8 heteroatoms. The molecular formula is C15H18N2O4S2. The van der Waals surface area contributed by atoms with Crippen LogP contribution in [-0.2, 0) is 31.9 Å². The van der Waals surface area contributed by atoms with Gasteiger partial charge in [0.2, 0.25) is 0 Å². The van der Waals surface area contributed by atoms with Gasteiger partial charge >= 0.3 is 11.9 Å². The van der Waals surface area contributed by atoms with Crippen LogP contribution in [0.4, 0.5) is 0 Å². The number of thiazole rings is 2. The normalized spacial score (nSPS) is 10.5. The Kier molecular flexibility index (Phi) is 6.66. The maximum absolute atomic E-state index is 11.6. The standard InChI is InChI=1S/C15H18N2O4S2/c1-10-16-12(8-22-10)6-14(18)20-4-3-5-21-15(19)7-13-9-23-11(2)17-13/h8-9H,3-7H2,1-2H3. The van der Waals surface area contributed by atoms with Crippen LogP contribution in [0.3, 0.4) is 0 Å². The van der Waals surface area contributed by atoms with Crippen LogP contribution in [0.5, 0.6) is 0 Å². The highest BCUT2D eigenvalue weighted by Crippen LogP contribution is 2.10. The molecule has 0 saturated carbocycles. The first-order chi connectivity index (χ1) is 11.0. The van der Waals surface area contributed by atoms with Gasteiger partial charge < -0.3 is 9.47 Å². The summed E-state index contributed by atoms with van der Waals surface area (Å²) in [5, 5.41) is 5.54. The third kappa shape index (κ3) is 6.45. The molecule has 0 bridgehead atoms. The fourth-order valence-electron chi connectivity index (χ4n) is 1.81. The number of nitrogens with zero attached hydrogens (tertiary/aromatic N) is 2. The highest BCUT2D eigenvalue weighted by Gasteiger charge is 2.09. The highest BCUT2D eigenvalue weighted by atomic mass is 32.1. The Bertz CT molecular complexity index is 610. The minimum Gasteiger partial charge on any atom is -0.465 e. The first-order valence-electron chi connectivity index (χ1n) is 7.16. The number of aryl methyl sites for hydroxylation is 2. The van der Waals surface area contributed by atoms with Gasteiger partial charge in [-0.3, -0.25) is 9.59 Å². The SMILES string of the molecule is Cc1nc(CC(=O)OCCCOC(=O)Cc2csc(C)n2)cs1. The number of rotatable bonds is 8. The van der Waals surface area contributed by atoms with Crippen LogP contribution in [0.2, 0.25) is 0 Å². The molecule has 0 spiro atoms. The molecule has 23 heavy (non-hydrogen) atoms. The second-order valence-corrected chi connectivity index (χ2v) is 6.99. The summed E-state index contributed by atoms with van der Waals surface area (Å²) in [5.74, 6) is -0.640. The molecule has 0 N–H and O–H groups in total. The lowest BCUT2D eigenvalue weighted by atomic mass is 10.3. The summed E-state index contributed by atoms with van der Waals surface area (Å²) in [7, 11) is 0. The number of carbonyl (C=O) groups excluding carboxylic acids is 2. The van der Waals surface area contributed by atoms with Crippen molar-refractivity contribution in [2.75, 3.05) is 13.2 Å². The zero-order valence-electron chi connectivity index (χ0n) is 13.0. The molecule has 0 aliphatic heterocycles. The molecule has 0 aromatic carbocycles. The molecular weight excluding hydrogens is 336 g/mol. The van der Waals surface area contributed by atoms with Gasteiger partial charge in [0, 0.05) is 17.2 Å². The Labute approximate surface area is 142 Å². The van der Waals surface area contributed by atoms with Crippen LogP contribution in [-0.4, -0.2) is 35.1 Å². The lowest BCUT2D eigenvalue weighted by Gasteiger charge is -2.05. The van der Waals surface area contributed by atoms with Gasteiger partial charge in [-0.25, -0.2) is 9.97 Å². The van der Waals surface area contributed by atoms with E-state index in [0.717, 1.165) is 21.4 Å². The summed E-state index contributed by atoms with van der Waals surface area (Å²) in [5.41, 5.74) is 1.45. The lowest BCUT2D eigenvalue weighted by molar-refractivity contribution is -0.145. The monoisotopic (exact) mass is 354 g/mol. The lowest BCUT2D eigenvalue weighted by Crippen LogP contribution is -2.13. The minimum atomic E-state index is -0.320. The van der Waals surface area contributed by atoms with Crippen molar-refractivity contribution in [1.82, 2.24) is 9.97 Å². The number of ether oxygens (including phenoxy) is 2. The molecule has 0 aliphatic carbocycles. The zero-order valence-corrected chi connectivity index (χ0v) is 14.7. The molecule has 0 radical (unpaired) electrons. The Morgan fingerprint density at radius 1 is 0.913 bits per heavy atom. The highest BCUT2D eigenvalue weighted by molar-refractivity contribution is 7.09. The number of carbonyl (C=O) groups is 2. The molecule has 2 aromatic heterocycles. The second kappa shape index (κ2) is 8.73. The molecule has 0 fully saturated rings. The van der Waals surface area contributed by atoms with Crippen LogP contribution < -0.4 is 0 Å². The fourth-order valence-corrected chi connectivity index (χ4v) is 3.03. The average molecular weight is 354 g/mol. The third-order valence-corrected chi connectivity index (χ3v) is 4.44. The van der Waals surface area contributed by atoms with Crippen molar-refractivity contribution in [3.63, 3.8) is 0 Å². The van der Waals surface area contributed by atoms with E-state index >= 15 is 0 Å². The quantitative estimate of drug-likeness (QED) is 0.535. The number of hydrogen-bond acceptors (Lipinski definition) is 8. The van der Waals surface area contributed by atoms with E-state index in [-0.39, 0.29) is 38.0 Å². The van der Waals surface area contributed by atoms with Crippen molar-refractivity contribution in [2.45, 2.75) is 33.1 Å². The molecule has 6 nitrogen and oxygen atoms in total. The summed E-state index contributed by atoms with van der Waals surface area (Å²) in [6.45, 7) is 4.23. The van der Waals surface area contributed by atoms with Crippen molar-refractivity contribution in [3.05, 3.63) is 32.2 Å². The van der Waals surface area contributed by atoms with Crippen molar-refractivity contribution in [2.24, 2.45) is 0 Å². The van der Waals surface area contributed by atoms with Crippen LogP contribution in [0.15, 0.2) is 10.8 Å².